The van der Waals surface area contributed by atoms with Gasteiger partial charge in [0.1, 0.15) is 0 Å². The topological polar surface area (TPSA) is 97.1 Å². The summed E-state index contributed by atoms with van der Waals surface area (Å²) >= 11 is 1.45. The van der Waals surface area contributed by atoms with Gasteiger partial charge in [-0.15, -0.1) is 11.3 Å². The Morgan fingerprint density at radius 3 is 2.81 bits per heavy atom. The molecule has 0 saturated carbocycles. The molecule has 7 heteroatoms. The Kier molecular flexibility index (Phi) is 6.00. The molecule has 0 bridgehead atoms. The first-order valence-corrected chi connectivity index (χ1v) is 9.74. The number of aryl methyl sites for hydroxylation is 1. The van der Waals surface area contributed by atoms with Crippen LogP contribution in [0.4, 0.5) is 5.13 Å². The molecule has 0 aliphatic heterocycles. The molecule has 138 valence electrons. The number of nitrogens with one attached hydrogen (secondary N) is 2. The van der Waals surface area contributed by atoms with Crippen LogP contribution in [0.2, 0.25) is 0 Å². The highest BCUT2D eigenvalue weighted by atomic mass is 32.1. The van der Waals surface area contributed by atoms with Crippen LogP contribution in [0, 0.1) is 0 Å². The molecule has 1 aliphatic carbocycles. The highest BCUT2D eigenvalue weighted by Crippen LogP contribution is 2.35. The van der Waals surface area contributed by atoms with Crippen LogP contribution in [0.3, 0.4) is 0 Å². The Hall–Kier alpha value is -2.25. The molecule has 1 heterocycles. The van der Waals surface area contributed by atoms with Crippen molar-refractivity contribution in [1.82, 2.24) is 10.3 Å². The van der Waals surface area contributed by atoms with Crippen LogP contribution in [0.25, 0.3) is 0 Å². The molecule has 0 spiro atoms. The molecular formula is C19H24N4O2S. The van der Waals surface area contributed by atoms with Crippen molar-refractivity contribution >= 4 is 28.3 Å². The van der Waals surface area contributed by atoms with Gasteiger partial charge in [0, 0.05) is 11.4 Å². The number of fused-ring (bicyclic) bond motifs is 1. The minimum Gasteiger partial charge on any atom is -0.351 e. The van der Waals surface area contributed by atoms with E-state index in [0.29, 0.717) is 11.7 Å². The van der Waals surface area contributed by atoms with Crippen LogP contribution in [-0.2, 0) is 22.6 Å². The standard InChI is InChI=1S/C19H24N4O2S/c1-12(20)17(24)23-19-22-16-14(9-5-6-10-15(16)26-19)18(25)21-11-13-7-3-2-4-8-13/h2-4,7-8,12,14H,5-6,9-11,20H2,1H3,(H,21,25)(H,22,23,24)/t12-,14?/m0/s1. The molecule has 1 aromatic heterocycles. The van der Waals surface area contributed by atoms with Crippen LogP contribution < -0.4 is 16.4 Å². The van der Waals surface area contributed by atoms with E-state index in [1.54, 1.807) is 6.92 Å². The average molecular weight is 372 g/mol. The Bertz CT molecular complexity index is 773. The third-order valence-corrected chi connectivity index (χ3v) is 5.52. The van der Waals surface area contributed by atoms with Crippen LogP contribution in [0.15, 0.2) is 30.3 Å². The number of anilines is 1. The summed E-state index contributed by atoms with van der Waals surface area (Å²) in [5.74, 6) is -0.542. The molecule has 26 heavy (non-hydrogen) atoms. The summed E-state index contributed by atoms with van der Waals surface area (Å²) < 4.78 is 0. The van der Waals surface area contributed by atoms with E-state index in [4.69, 9.17) is 5.73 Å². The molecule has 2 atom stereocenters. The summed E-state index contributed by atoms with van der Waals surface area (Å²) in [6, 6.07) is 9.25. The van der Waals surface area contributed by atoms with Crippen LogP contribution in [0.1, 0.15) is 48.2 Å². The Balaban J connectivity index is 1.73. The van der Waals surface area contributed by atoms with E-state index in [0.717, 1.165) is 41.8 Å². The highest BCUT2D eigenvalue weighted by Gasteiger charge is 2.29. The predicted molar refractivity (Wildman–Crippen MR) is 103 cm³/mol. The SMILES string of the molecule is C[C@H](N)C(=O)Nc1nc2c(s1)CCCCC2C(=O)NCc1ccccc1. The Morgan fingerprint density at radius 2 is 2.08 bits per heavy atom. The molecule has 6 nitrogen and oxygen atoms in total. The van der Waals surface area contributed by atoms with E-state index in [1.807, 2.05) is 30.3 Å². The summed E-state index contributed by atoms with van der Waals surface area (Å²) in [5.41, 5.74) is 7.47. The second-order valence-corrected chi connectivity index (χ2v) is 7.69. The maximum atomic E-state index is 12.8. The van der Waals surface area contributed by atoms with Crippen molar-refractivity contribution in [2.45, 2.75) is 51.1 Å². The van der Waals surface area contributed by atoms with Crippen molar-refractivity contribution in [3.8, 4) is 0 Å². The van der Waals surface area contributed by atoms with Crippen LogP contribution >= 0.6 is 11.3 Å². The monoisotopic (exact) mass is 372 g/mol. The maximum Gasteiger partial charge on any atom is 0.242 e. The smallest absolute Gasteiger partial charge is 0.242 e. The Labute approximate surface area is 157 Å². The fraction of sp³-hybridized carbons (Fsp3) is 0.421. The molecule has 0 radical (unpaired) electrons. The molecule has 1 unspecified atom stereocenters. The number of nitrogens with two attached hydrogens (primary N) is 1. The quantitative estimate of drug-likeness (QED) is 0.703. The summed E-state index contributed by atoms with van der Waals surface area (Å²) in [4.78, 5) is 30.2. The molecule has 2 aromatic rings. The minimum absolute atomic E-state index is 0.00706. The second-order valence-electron chi connectivity index (χ2n) is 6.61. The first-order chi connectivity index (χ1) is 12.5. The van der Waals surface area contributed by atoms with E-state index in [1.165, 1.54) is 11.3 Å². The zero-order valence-corrected chi connectivity index (χ0v) is 15.6. The second kappa shape index (κ2) is 8.42. The lowest BCUT2D eigenvalue weighted by atomic mass is 9.99. The average Bonchev–Trinajstić information content (AvgIpc) is 2.92. The number of benzene rings is 1. The summed E-state index contributed by atoms with van der Waals surface area (Å²) in [6.07, 6.45) is 3.69. The van der Waals surface area contributed by atoms with Gasteiger partial charge in [0.15, 0.2) is 5.13 Å². The highest BCUT2D eigenvalue weighted by molar-refractivity contribution is 7.15. The molecule has 1 aromatic carbocycles. The molecule has 2 amide bonds. The van der Waals surface area contributed by atoms with Crippen molar-refractivity contribution in [3.63, 3.8) is 0 Å². The van der Waals surface area contributed by atoms with Gasteiger partial charge in [-0.25, -0.2) is 4.98 Å². The van der Waals surface area contributed by atoms with E-state index in [-0.39, 0.29) is 17.7 Å². The molecule has 3 rings (SSSR count). The lowest BCUT2D eigenvalue weighted by Crippen LogP contribution is -2.32. The van der Waals surface area contributed by atoms with Crippen molar-refractivity contribution in [2.75, 3.05) is 5.32 Å². The van der Waals surface area contributed by atoms with E-state index < -0.39 is 6.04 Å². The third-order valence-electron chi connectivity index (χ3n) is 4.47. The van der Waals surface area contributed by atoms with Crippen molar-refractivity contribution in [2.24, 2.45) is 5.73 Å². The Morgan fingerprint density at radius 1 is 1.31 bits per heavy atom. The summed E-state index contributed by atoms with van der Waals surface area (Å²) in [5, 5.41) is 6.30. The summed E-state index contributed by atoms with van der Waals surface area (Å²) in [6.45, 7) is 2.14. The fourth-order valence-corrected chi connectivity index (χ4v) is 4.09. The number of carbonyl (C=O) groups excluding carboxylic acids is 2. The molecule has 0 saturated heterocycles. The molecule has 4 N–H and O–H groups in total. The van der Waals surface area contributed by atoms with Gasteiger partial charge in [-0.1, -0.05) is 36.8 Å². The van der Waals surface area contributed by atoms with Gasteiger partial charge < -0.3 is 16.4 Å². The lowest BCUT2D eigenvalue weighted by molar-refractivity contribution is -0.123. The van der Waals surface area contributed by atoms with Gasteiger partial charge in [0.05, 0.1) is 17.7 Å². The zero-order chi connectivity index (χ0) is 18.5. The number of aromatic nitrogens is 1. The number of thiazole rings is 1. The molecule has 0 fully saturated rings. The summed E-state index contributed by atoms with van der Waals surface area (Å²) in [7, 11) is 0. The van der Waals surface area contributed by atoms with Gasteiger partial charge >= 0.3 is 0 Å². The number of nitrogens with zero attached hydrogens (tertiary/aromatic N) is 1. The first kappa shape index (κ1) is 18.5. The van der Waals surface area contributed by atoms with Crippen molar-refractivity contribution in [3.05, 3.63) is 46.5 Å². The number of carbonyl (C=O) groups is 2. The zero-order valence-electron chi connectivity index (χ0n) is 14.8. The van der Waals surface area contributed by atoms with E-state index in [9.17, 15) is 9.59 Å². The molecular weight excluding hydrogens is 348 g/mol. The van der Waals surface area contributed by atoms with Gasteiger partial charge in [-0.3, -0.25) is 9.59 Å². The van der Waals surface area contributed by atoms with Crippen LogP contribution in [-0.4, -0.2) is 22.8 Å². The fourth-order valence-electron chi connectivity index (χ4n) is 3.02. The van der Waals surface area contributed by atoms with Crippen molar-refractivity contribution in [1.29, 1.82) is 0 Å². The largest absolute Gasteiger partial charge is 0.351 e. The van der Waals surface area contributed by atoms with Gasteiger partial charge in [-0.05, 0) is 31.7 Å². The van der Waals surface area contributed by atoms with Gasteiger partial charge in [0.25, 0.3) is 0 Å². The van der Waals surface area contributed by atoms with E-state index >= 15 is 0 Å². The first-order valence-electron chi connectivity index (χ1n) is 8.92. The van der Waals surface area contributed by atoms with Gasteiger partial charge in [-0.2, -0.15) is 0 Å². The predicted octanol–water partition coefficient (Wildman–Crippen LogP) is 2.56. The number of amides is 2. The maximum absolute atomic E-state index is 12.8. The van der Waals surface area contributed by atoms with Crippen LogP contribution in [0.5, 0.6) is 0 Å². The number of hydrogen-bond acceptors (Lipinski definition) is 5. The normalized spacial score (nSPS) is 17.7. The third kappa shape index (κ3) is 4.47. The number of hydrogen-bond donors (Lipinski definition) is 3. The minimum atomic E-state index is -0.594. The van der Waals surface area contributed by atoms with Crippen molar-refractivity contribution < 1.29 is 9.59 Å². The lowest BCUT2D eigenvalue weighted by Gasteiger charge is -2.14. The molecule has 1 aliphatic rings. The van der Waals surface area contributed by atoms with Gasteiger partial charge in [0.2, 0.25) is 11.8 Å². The number of rotatable bonds is 5. The van der Waals surface area contributed by atoms with E-state index in [2.05, 4.69) is 15.6 Å².